The molecule has 1 aromatic heterocycles. The normalized spacial score (nSPS) is 14.2. The Bertz CT molecular complexity index is 1050. The monoisotopic (exact) mass is 383 g/mol. The SMILES string of the molecule is Cc1ccc(F)c(CN2CCc3nc(-c4ccccc4)[nH]c(=O)c3C2)c1Cl. The highest BCUT2D eigenvalue weighted by molar-refractivity contribution is 6.32. The molecule has 2 aromatic carbocycles. The molecule has 0 amide bonds. The van der Waals surface area contributed by atoms with Gasteiger partial charge in [-0.05, 0) is 18.6 Å². The van der Waals surface area contributed by atoms with Crippen LogP contribution >= 0.6 is 11.6 Å². The lowest BCUT2D eigenvalue weighted by atomic mass is 10.0. The molecule has 0 saturated carbocycles. The molecule has 0 spiro atoms. The lowest BCUT2D eigenvalue weighted by molar-refractivity contribution is 0.238. The number of hydrogen-bond acceptors (Lipinski definition) is 3. The lowest BCUT2D eigenvalue weighted by Gasteiger charge is -2.28. The Kier molecular flexibility index (Phi) is 4.81. The highest BCUT2D eigenvalue weighted by Crippen LogP contribution is 2.27. The van der Waals surface area contributed by atoms with E-state index in [1.54, 1.807) is 6.07 Å². The van der Waals surface area contributed by atoms with Crippen molar-refractivity contribution in [2.75, 3.05) is 6.54 Å². The average Bonchev–Trinajstić information content (AvgIpc) is 2.69. The quantitative estimate of drug-likeness (QED) is 0.740. The first kappa shape index (κ1) is 17.9. The van der Waals surface area contributed by atoms with Gasteiger partial charge in [-0.2, -0.15) is 0 Å². The minimum absolute atomic E-state index is 0.139. The predicted octanol–water partition coefficient (Wildman–Crippen LogP) is 4.10. The number of aromatic amines is 1. The fourth-order valence-electron chi connectivity index (χ4n) is 3.43. The minimum atomic E-state index is -0.317. The van der Waals surface area contributed by atoms with Gasteiger partial charge in [-0.3, -0.25) is 9.69 Å². The lowest BCUT2D eigenvalue weighted by Crippen LogP contribution is -2.35. The first-order chi connectivity index (χ1) is 13.0. The van der Waals surface area contributed by atoms with Crippen LogP contribution in [0.3, 0.4) is 0 Å². The molecule has 4 nitrogen and oxygen atoms in total. The number of benzene rings is 2. The molecular weight excluding hydrogens is 365 g/mol. The van der Waals surface area contributed by atoms with Crippen LogP contribution in [0.2, 0.25) is 5.02 Å². The van der Waals surface area contributed by atoms with Gasteiger partial charge in [0.25, 0.3) is 5.56 Å². The van der Waals surface area contributed by atoms with Gasteiger partial charge in [0.05, 0.1) is 16.3 Å². The average molecular weight is 384 g/mol. The third-order valence-electron chi connectivity index (χ3n) is 4.96. The van der Waals surface area contributed by atoms with E-state index < -0.39 is 0 Å². The minimum Gasteiger partial charge on any atom is -0.306 e. The van der Waals surface area contributed by atoms with Crippen LogP contribution in [-0.2, 0) is 19.5 Å². The predicted molar refractivity (Wildman–Crippen MR) is 104 cm³/mol. The topological polar surface area (TPSA) is 49.0 Å². The van der Waals surface area contributed by atoms with Gasteiger partial charge >= 0.3 is 0 Å². The third kappa shape index (κ3) is 3.53. The summed E-state index contributed by atoms with van der Waals surface area (Å²) in [5, 5.41) is 0.451. The number of rotatable bonds is 3. The molecule has 0 aliphatic carbocycles. The first-order valence-electron chi connectivity index (χ1n) is 8.86. The maximum Gasteiger partial charge on any atom is 0.255 e. The zero-order valence-electron chi connectivity index (χ0n) is 14.9. The molecule has 2 heterocycles. The van der Waals surface area contributed by atoms with Gasteiger partial charge < -0.3 is 4.98 Å². The number of H-pyrrole nitrogens is 1. The summed E-state index contributed by atoms with van der Waals surface area (Å²) in [6.07, 6.45) is 0.643. The van der Waals surface area contributed by atoms with Crippen molar-refractivity contribution in [3.05, 3.63) is 86.0 Å². The molecule has 138 valence electrons. The van der Waals surface area contributed by atoms with E-state index in [4.69, 9.17) is 11.6 Å². The molecule has 0 unspecified atom stereocenters. The number of nitrogens with one attached hydrogen (secondary N) is 1. The summed E-state index contributed by atoms with van der Waals surface area (Å²) in [4.78, 5) is 22.2. The second kappa shape index (κ2) is 7.25. The summed E-state index contributed by atoms with van der Waals surface area (Å²) in [6, 6.07) is 12.7. The fraction of sp³-hybridized carbons (Fsp3) is 0.238. The van der Waals surface area contributed by atoms with Gasteiger partial charge in [0, 0.05) is 37.2 Å². The van der Waals surface area contributed by atoms with Crippen molar-refractivity contribution >= 4 is 11.6 Å². The number of halogens is 2. The van der Waals surface area contributed by atoms with Crippen molar-refractivity contribution in [1.29, 1.82) is 0 Å². The van der Waals surface area contributed by atoms with Crippen LogP contribution in [0.15, 0.2) is 47.3 Å². The number of aromatic nitrogens is 2. The Morgan fingerprint density at radius 1 is 1.22 bits per heavy atom. The molecule has 0 bridgehead atoms. The summed E-state index contributed by atoms with van der Waals surface area (Å²) in [7, 11) is 0. The summed E-state index contributed by atoms with van der Waals surface area (Å²) < 4.78 is 14.2. The zero-order chi connectivity index (χ0) is 19.0. The molecule has 6 heteroatoms. The van der Waals surface area contributed by atoms with E-state index in [0.29, 0.717) is 48.0 Å². The molecule has 0 atom stereocenters. The van der Waals surface area contributed by atoms with Crippen LogP contribution < -0.4 is 5.56 Å². The van der Waals surface area contributed by atoms with Crippen LogP contribution in [0, 0.1) is 12.7 Å². The highest BCUT2D eigenvalue weighted by atomic mass is 35.5. The molecule has 0 fully saturated rings. The van der Waals surface area contributed by atoms with Crippen molar-refractivity contribution in [2.24, 2.45) is 0 Å². The summed E-state index contributed by atoms with van der Waals surface area (Å²) >= 11 is 6.29. The second-order valence-electron chi connectivity index (χ2n) is 6.82. The van der Waals surface area contributed by atoms with Gasteiger partial charge in [0.2, 0.25) is 0 Å². The Morgan fingerprint density at radius 2 is 2.00 bits per heavy atom. The van der Waals surface area contributed by atoms with Crippen molar-refractivity contribution in [3.8, 4) is 11.4 Å². The molecular formula is C21H19ClFN3O. The van der Waals surface area contributed by atoms with Crippen molar-refractivity contribution in [1.82, 2.24) is 14.9 Å². The Labute approximate surface area is 161 Å². The summed E-state index contributed by atoms with van der Waals surface area (Å²) in [5.74, 6) is 0.267. The van der Waals surface area contributed by atoms with Gasteiger partial charge in [-0.1, -0.05) is 48.0 Å². The fourth-order valence-corrected chi connectivity index (χ4v) is 3.64. The largest absolute Gasteiger partial charge is 0.306 e. The van der Waals surface area contributed by atoms with E-state index in [2.05, 4.69) is 9.97 Å². The third-order valence-corrected chi connectivity index (χ3v) is 5.48. The van der Waals surface area contributed by atoms with Crippen LogP contribution in [0.4, 0.5) is 4.39 Å². The van der Waals surface area contributed by atoms with E-state index >= 15 is 0 Å². The molecule has 27 heavy (non-hydrogen) atoms. The van der Waals surface area contributed by atoms with Crippen LogP contribution in [0.5, 0.6) is 0 Å². The molecule has 1 N–H and O–H groups in total. The molecule has 4 rings (SSSR count). The van der Waals surface area contributed by atoms with Crippen molar-refractivity contribution < 1.29 is 4.39 Å². The molecule has 0 saturated heterocycles. The van der Waals surface area contributed by atoms with E-state index in [0.717, 1.165) is 16.8 Å². The number of aryl methyl sites for hydroxylation is 1. The second-order valence-corrected chi connectivity index (χ2v) is 7.20. The zero-order valence-corrected chi connectivity index (χ0v) is 15.7. The standard InChI is InChI=1S/C21H19ClFN3O/c1-13-7-8-17(23)15(19(13)22)11-26-10-9-18-16(12-26)21(27)25-20(24-18)14-5-3-2-4-6-14/h2-8H,9-12H2,1H3,(H,24,25,27). The van der Waals surface area contributed by atoms with Gasteiger partial charge in [0.1, 0.15) is 11.6 Å². The molecule has 1 aliphatic heterocycles. The van der Waals surface area contributed by atoms with Gasteiger partial charge in [0.15, 0.2) is 0 Å². The van der Waals surface area contributed by atoms with Crippen LogP contribution in [-0.4, -0.2) is 21.4 Å². The van der Waals surface area contributed by atoms with Crippen molar-refractivity contribution in [2.45, 2.75) is 26.4 Å². The highest BCUT2D eigenvalue weighted by Gasteiger charge is 2.23. The van der Waals surface area contributed by atoms with E-state index in [1.165, 1.54) is 6.07 Å². The first-order valence-corrected chi connectivity index (χ1v) is 9.24. The van der Waals surface area contributed by atoms with Crippen molar-refractivity contribution in [3.63, 3.8) is 0 Å². The van der Waals surface area contributed by atoms with E-state index in [-0.39, 0.29) is 11.4 Å². The maximum absolute atomic E-state index is 14.2. The Hall–Kier alpha value is -2.50. The van der Waals surface area contributed by atoms with Crippen LogP contribution in [0.25, 0.3) is 11.4 Å². The summed E-state index contributed by atoms with van der Waals surface area (Å²) in [5.41, 5.74) is 3.52. The van der Waals surface area contributed by atoms with Gasteiger partial charge in [-0.25, -0.2) is 9.37 Å². The maximum atomic E-state index is 14.2. The number of fused-ring (bicyclic) bond motifs is 1. The summed E-state index contributed by atoms with van der Waals surface area (Å²) in [6.45, 7) is 3.35. The van der Waals surface area contributed by atoms with Crippen LogP contribution in [0.1, 0.15) is 22.4 Å². The Morgan fingerprint density at radius 3 is 2.78 bits per heavy atom. The van der Waals surface area contributed by atoms with E-state index in [9.17, 15) is 9.18 Å². The Balaban J connectivity index is 1.61. The van der Waals surface area contributed by atoms with E-state index in [1.807, 2.05) is 42.2 Å². The van der Waals surface area contributed by atoms with Gasteiger partial charge in [-0.15, -0.1) is 0 Å². The smallest absolute Gasteiger partial charge is 0.255 e. The molecule has 3 aromatic rings. The molecule has 1 aliphatic rings. The molecule has 0 radical (unpaired) electrons. The number of nitrogens with zero attached hydrogens (tertiary/aromatic N) is 2. The number of hydrogen-bond donors (Lipinski definition) is 1.